The number of rotatable bonds is 5. The molecule has 0 amide bonds. The molecule has 1 rings (SSSR count). The number of aromatic carboxylic acids is 1. The zero-order valence-electron chi connectivity index (χ0n) is 11.3. The van der Waals surface area contributed by atoms with E-state index >= 15 is 0 Å². The van der Waals surface area contributed by atoms with Gasteiger partial charge in [-0.3, -0.25) is 4.79 Å². The van der Waals surface area contributed by atoms with Crippen molar-refractivity contribution in [1.29, 1.82) is 0 Å². The molecule has 3 N–H and O–H groups in total. The predicted octanol–water partition coefficient (Wildman–Crippen LogP) is 2.08. The Hall–Kier alpha value is -1.58. The lowest BCUT2D eigenvalue weighted by molar-refractivity contribution is -0.139. The first-order chi connectivity index (χ1) is 10.0. The summed E-state index contributed by atoms with van der Waals surface area (Å²) in [6.07, 6.45) is -8.40. The molecule has 0 spiro atoms. The number of benzene rings is 1. The van der Waals surface area contributed by atoms with E-state index in [-0.39, 0.29) is 10.9 Å². The first kappa shape index (κ1) is 18.5. The Morgan fingerprint density at radius 2 is 1.86 bits per heavy atom. The fourth-order valence-electron chi connectivity index (χ4n) is 1.69. The highest BCUT2D eigenvalue weighted by molar-refractivity contribution is 8.13. The third kappa shape index (κ3) is 4.72. The van der Waals surface area contributed by atoms with Gasteiger partial charge in [0.1, 0.15) is 6.10 Å². The zero-order valence-corrected chi connectivity index (χ0v) is 12.1. The standard InChI is InChI=1S/C13H13F3O5S/c1-6(17)22-5-10(18)11(19)8-3-2-7(12(20)21)4-9(8)13(14,15)16/h2-4,10-11,18-19H,5H2,1H3,(H,20,21). The molecule has 0 saturated carbocycles. The maximum Gasteiger partial charge on any atom is 0.416 e. The van der Waals surface area contributed by atoms with Crippen molar-refractivity contribution in [2.24, 2.45) is 0 Å². The van der Waals surface area contributed by atoms with Crippen molar-refractivity contribution in [3.8, 4) is 0 Å². The Labute approximate surface area is 127 Å². The molecule has 0 fully saturated rings. The van der Waals surface area contributed by atoms with Gasteiger partial charge in [-0.15, -0.1) is 0 Å². The summed E-state index contributed by atoms with van der Waals surface area (Å²) in [6, 6.07) is 2.10. The monoisotopic (exact) mass is 338 g/mol. The second kappa shape index (κ2) is 7.12. The van der Waals surface area contributed by atoms with Crippen LogP contribution in [0.5, 0.6) is 0 Å². The lowest BCUT2D eigenvalue weighted by Gasteiger charge is -2.21. The van der Waals surface area contributed by atoms with Crippen LogP contribution in [-0.4, -0.2) is 38.3 Å². The van der Waals surface area contributed by atoms with Crippen molar-refractivity contribution >= 4 is 22.8 Å². The highest BCUT2D eigenvalue weighted by Gasteiger charge is 2.37. The molecule has 5 nitrogen and oxygen atoms in total. The zero-order chi connectivity index (χ0) is 17.1. The number of carboxylic acids is 1. The lowest BCUT2D eigenvalue weighted by atomic mass is 9.96. The van der Waals surface area contributed by atoms with Crippen molar-refractivity contribution in [2.45, 2.75) is 25.3 Å². The van der Waals surface area contributed by atoms with E-state index in [4.69, 9.17) is 5.11 Å². The number of carboxylic acid groups (broad SMARTS) is 1. The summed E-state index contributed by atoms with van der Waals surface area (Å²) in [5.41, 5.74) is -2.57. The van der Waals surface area contributed by atoms with Crippen LogP contribution in [-0.2, 0) is 11.0 Å². The van der Waals surface area contributed by atoms with Gasteiger partial charge in [0.15, 0.2) is 5.12 Å². The Morgan fingerprint density at radius 3 is 2.32 bits per heavy atom. The maximum atomic E-state index is 13.0. The lowest BCUT2D eigenvalue weighted by Crippen LogP contribution is -2.24. The van der Waals surface area contributed by atoms with E-state index in [9.17, 15) is 33.0 Å². The molecule has 0 radical (unpaired) electrons. The van der Waals surface area contributed by atoms with Crippen LogP contribution in [0.15, 0.2) is 18.2 Å². The van der Waals surface area contributed by atoms with Gasteiger partial charge in [0.2, 0.25) is 0 Å². The van der Waals surface area contributed by atoms with Crippen LogP contribution in [0.2, 0.25) is 0 Å². The molecule has 122 valence electrons. The van der Waals surface area contributed by atoms with Crippen LogP contribution in [0, 0.1) is 0 Å². The molecule has 0 aliphatic rings. The topological polar surface area (TPSA) is 94.8 Å². The summed E-state index contributed by atoms with van der Waals surface area (Å²) in [7, 11) is 0. The van der Waals surface area contributed by atoms with Gasteiger partial charge in [-0.2, -0.15) is 13.2 Å². The Balaban J connectivity index is 3.17. The summed E-state index contributed by atoms with van der Waals surface area (Å²) in [5.74, 6) is -1.83. The molecule has 0 heterocycles. The molecule has 2 atom stereocenters. The number of halogens is 3. The fourth-order valence-corrected chi connectivity index (χ4v) is 2.28. The summed E-state index contributed by atoms with van der Waals surface area (Å²) in [5, 5.41) is 27.9. The minimum absolute atomic E-state index is 0.283. The van der Waals surface area contributed by atoms with E-state index in [0.29, 0.717) is 17.8 Å². The van der Waals surface area contributed by atoms with Crippen molar-refractivity contribution < 1.29 is 38.1 Å². The summed E-state index contributed by atoms with van der Waals surface area (Å²) in [6.45, 7) is 1.21. The molecule has 1 aromatic rings. The first-order valence-electron chi connectivity index (χ1n) is 5.98. The maximum absolute atomic E-state index is 13.0. The van der Waals surface area contributed by atoms with Gasteiger partial charge in [0, 0.05) is 12.7 Å². The largest absolute Gasteiger partial charge is 0.478 e. The van der Waals surface area contributed by atoms with Gasteiger partial charge in [0.05, 0.1) is 17.2 Å². The van der Waals surface area contributed by atoms with E-state index in [1.807, 2.05) is 0 Å². The van der Waals surface area contributed by atoms with Gasteiger partial charge in [-0.1, -0.05) is 17.8 Å². The van der Waals surface area contributed by atoms with Gasteiger partial charge in [0.25, 0.3) is 0 Å². The number of aliphatic hydroxyl groups is 2. The SMILES string of the molecule is CC(=O)SCC(O)C(O)c1ccc(C(=O)O)cc1C(F)(F)F. The number of carbonyl (C=O) groups is 2. The molecule has 2 unspecified atom stereocenters. The smallest absolute Gasteiger partial charge is 0.416 e. The Morgan fingerprint density at radius 1 is 1.27 bits per heavy atom. The second-order valence-electron chi connectivity index (χ2n) is 4.42. The average molecular weight is 338 g/mol. The van der Waals surface area contributed by atoms with Crippen molar-refractivity contribution in [1.82, 2.24) is 0 Å². The van der Waals surface area contributed by atoms with Crippen LogP contribution in [0.25, 0.3) is 0 Å². The molecule has 22 heavy (non-hydrogen) atoms. The van der Waals surface area contributed by atoms with E-state index in [1.165, 1.54) is 6.92 Å². The van der Waals surface area contributed by atoms with Crippen molar-refractivity contribution in [2.75, 3.05) is 5.75 Å². The molecule has 1 aromatic carbocycles. The first-order valence-corrected chi connectivity index (χ1v) is 6.96. The van der Waals surface area contributed by atoms with Gasteiger partial charge in [-0.05, 0) is 17.7 Å². The third-order valence-electron chi connectivity index (χ3n) is 2.75. The normalized spacial score (nSPS) is 14.5. The van der Waals surface area contributed by atoms with Crippen molar-refractivity contribution in [3.05, 3.63) is 34.9 Å². The molecule has 0 aromatic heterocycles. The third-order valence-corrected chi connectivity index (χ3v) is 3.66. The molecule has 0 saturated heterocycles. The summed E-state index contributed by atoms with van der Waals surface area (Å²) < 4.78 is 39.0. The van der Waals surface area contributed by atoms with E-state index in [1.54, 1.807) is 0 Å². The Bertz CT molecular complexity index is 573. The number of thioether (sulfide) groups is 1. The van der Waals surface area contributed by atoms with Crippen LogP contribution in [0.1, 0.15) is 34.5 Å². The van der Waals surface area contributed by atoms with Crippen LogP contribution < -0.4 is 0 Å². The minimum Gasteiger partial charge on any atom is -0.478 e. The molecular weight excluding hydrogens is 325 g/mol. The summed E-state index contributed by atoms with van der Waals surface area (Å²) >= 11 is 0.659. The second-order valence-corrected chi connectivity index (χ2v) is 5.62. The number of alkyl halides is 3. The highest BCUT2D eigenvalue weighted by atomic mass is 32.2. The number of carbonyl (C=O) groups excluding carboxylic acids is 1. The van der Waals surface area contributed by atoms with E-state index in [0.717, 1.165) is 12.1 Å². The van der Waals surface area contributed by atoms with Gasteiger partial charge >= 0.3 is 12.1 Å². The number of aliphatic hydroxyl groups excluding tert-OH is 2. The predicted molar refractivity (Wildman–Crippen MR) is 72.5 cm³/mol. The minimum atomic E-state index is -4.89. The summed E-state index contributed by atoms with van der Waals surface area (Å²) in [4.78, 5) is 21.5. The quantitative estimate of drug-likeness (QED) is 0.761. The van der Waals surface area contributed by atoms with Crippen LogP contribution >= 0.6 is 11.8 Å². The highest BCUT2D eigenvalue weighted by Crippen LogP contribution is 2.36. The van der Waals surface area contributed by atoms with Crippen LogP contribution in [0.3, 0.4) is 0 Å². The molecule has 9 heteroatoms. The molecule has 0 bridgehead atoms. The Kier molecular flexibility index (Phi) is 5.98. The number of hydrogen-bond acceptors (Lipinski definition) is 5. The average Bonchev–Trinajstić information content (AvgIpc) is 2.42. The number of hydrogen-bond donors (Lipinski definition) is 3. The van der Waals surface area contributed by atoms with Crippen molar-refractivity contribution in [3.63, 3.8) is 0 Å². The van der Waals surface area contributed by atoms with Gasteiger partial charge in [-0.25, -0.2) is 4.79 Å². The fraction of sp³-hybridized carbons (Fsp3) is 0.385. The van der Waals surface area contributed by atoms with E-state index < -0.39 is 41.0 Å². The molecule has 0 aliphatic heterocycles. The van der Waals surface area contributed by atoms with E-state index in [2.05, 4.69) is 0 Å². The van der Waals surface area contributed by atoms with Crippen LogP contribution in [0.4, 0.5) is 13.2 Å². The van der Waals surface area contributed by atoms with Gasteiger partial charge < -0.3 is 15.3 Å². The molecular formula is C13H13F3O5S. The molecule has 0 aliphatic carbocycles.